The summed E-state index contributed by atoms with van der Waals surface area (Å²) >= 11 is 0. The number of benzene rings is 2. The smallest absolute Gasteiger partial charge is 0.417 e. The van der Waals surface area contributed by atoms with Crippen LogP contribution < -0.4 is 0 Å². The van der Waals surface area contributed by atoms with E-state index in [-0.39, 0.29) is 18.3 Å². The van der Waals surface area contributed by atoms with Gasteiger partial charge in [-0.05, 0) is 29.7 Å². The zero-order chi connectivity index (χ0) is 19.0. The van der Waals surface area contributed by atoms with Crippen molar-refractivity contribution >= 4 is 16.7 Å². The lowest BCUT2D eigenvalue weighted by molar-refractivity contribution is -0.157. The molecule has 8 heteroatoms. The monoisotopic (exact) mass is 375 g/mol. The first-order valence-electron chi connectivity index (χ1n) is 8.61. The number of hydrogen-bond donors (Lipinski definition) is 0. The molecule has 1 atom stereocenters. The number of piperidine rings is 1. The molecule has 140 valence electrons. The van der Waals surface area contributed by atoms with Crippen molar-refractivity contribution in [3.8, 4) is 0 Å². The lowest BCUT2D eigenvalue weighted by Crippen LogP contribution is -2.39. The van der Waals surface area contributed by atoms with E-state index < -0.39 is 18.0 Å². The summed E-state index contributed by atoms with van der Waals surface area (Å²) in [5, 5.41) is 8.45. The number of halogens is 3. The van der Waals surface area contributed by atoms with Crippen LogP contribution in [0.1, 0.15) is 40.9 Å². The summed E-state index contributed by atoms with van der Waals surface area (Å²) in [5.41, 5.74) is 0.579. The van der Waals surface area contributed by atoms with Crippen LogP contribution in [-0.2, 0) is 6.18 Å². The van der Waals surface area contributed by atoms with Crippen LogP contribution in [0, 0.1) is 0 Å². The minimum atomic E-state index is -4.67. The van der Waals surface area contributed by atoms with E-state index in [1.54, 1.807) is 11.0 Å². The van der Waals surface area contributed by atoms with Crippen LogP contribution in [0.2, 0.25) is 0 Å². The normalized spacial score (nSPS) is 18.0. The molecule has 2 aromatic carbocycles. The quantitative estimate of drug-likeness (QED) is 0.672. The van der Waals surface area contributed by atoms with E-state index in [0.29, 0.717) is 24.9 Å². The first-order chi connectivity index (χ1) is 12.9. The molecule has 0 radical (unpaired) electrons. The minimum absolute atomic E-state index is 0.0715. The molecule has 1 aliphatic rings. The average Bonchev–Trinajstić information content (AvgIpc) is 3.18. The molecule has 5 nitrogen and oxygen atoms in total. The fourth-order valence-corrected chi connectivity index (χ4v) is 3.46. The van der Waals surface area contributed by atoms with Gasteiger partial charge in [0.1, 0.15) is 0 Å². The fourth-order valence-electron chi connectivity index (χ4n) is 3.46. The largest absolute Gasteiger partial charge is 0.470 e. The zero-order valence-electron chi connectivity index (χ0n) is 14.2. The van der Waals surface area contributed by atoms with Crippen molar-refractivity contribution in [1.82, 2.24) is 15.1 Å². The van der Waals surface area contributed by atoms with Crippen molar-refractivity contribution in [3.05, 3.63) is 59.8 Å². The van der Waals surface area contributed by atoms with E-state index in [1.807, 2.05) is 36.4 Å². The Morgan fingerprint density at radius 3 is 2.67 bits per heavy atom. The summed E-state index contributed by atoms with van der Waals surface area (Å²) in [6.07, 6.45) is -3.41. The van der Waals surface area contributed by atoms with Gasteiger partial charge in [0, 0.05) is 18.7 Å². The average molecular weight is 375 g/mol. The second-order valence-electron chi connectivity index (χ2n) is 6.56. The molecule has 27 heavy (non-hydrogen) atoms. The topological polar surface area (TPSA) is 59.2 Å². The van der Waals surface area contributed by atoms with Crippen molar-refractivity contribution < 1.29 is 22.4 Å². The zero-order valence-corrected chi connectivity index (χ0v) is 14.2. The molecule has 4 rings (SSSR count). The van der Waals surface area contributed by atoms with Crippen molar-refractivity contribution in [1.29, 1.82) is 0 Å². The van der Waals surface area contributed by atoms with Gasteiger partial charge in [0.05, 0.1) is 5.92 Å². The molecule has 1 unspecified atom stereocenters. The third kappa shape index (κ3) is 3.39. The summed E-state index contributed by atoms with van der Waals surface area (Å²) in [4.78, 5) is 14.7. The van der Waals surface area contributed by atoms with Crippen LogP contribution in [0.3, 0.4) is 0 Å². The van der Waals surface area contributed by atoms with Gasteiger partial charge in [-0.2, -0.15) is 13.2 Å². The summed E-state index contributed by atoms with van der Waals surface area (Å²) in [5.74, 6) is -1.97. The van der Waals surface area contributed by atoms with Gasteiger partial charge in [0.15, 0.2) is 0 Å². The van der Waals surface area contributed by atoms with Gasteiger partial charge >= 0.3 is 12.1 Å². The van der Waals surface area contributed by atoms with Crippen LogP contribution in [0.25, 0.3) is 10.8 Å². The molecule has 2 heterocycles. The molecule has 1 fully saturated rings. The predicted octanol–water partition coefficient (Wildman–Crippen LogP) is 4.26. The Bertz CT molecular complexity index is 978. The van der Waals surface area contributed by atoms with Gasteiger partial charge in [0.25, 0.3) is 5.91 Å². The summed E-state index contributed by atoms with van der Waals surface area (Å²) < 4.78 is 42.9. The first-order valence-corrected chi connectivity index (χ1v) is 8.61. The molecule has 1 aliphatic heterocycles. The van der Waals surface area contributed by atoms with Crippen LogP contribution in [0.5, 0.6) is 0 Å². The molecule has 3 aromatic rings. The molecule has 0 aliphatic carbocycles. The highest BCUT2D eigenvalue weighted by molar-refractivity contribution is 6.07. The Kier molecular flexibility index (Phi) is 4.33. The maximum atomic E-state index is 13.0. The van der Waals surface area contributed by atoms with Crippen molar-refractivity contribution in [3.63, 3.8) is 0 Å². The van der Waals surface area contributed by atoms with Crippen LogP contribution in [0.15, 0.2) is 46.9 Å². The molecular formula is C19H16F3N3O2. The molecule has 1 saturated heterocycles. The standard InChI is InChI=1S/C19H16F3N3O2/c20-19(21,22)18-24-23-16(27-18)13-7-4-10-25(11-13)17(26)15-9-3-6-12-5-1-2-8-14(12)15/h1-3,5-6,8-9,13H,4,7,10-11H2. The van der Waals surface area contributed by atoms with Crippen molar-refractivity contribution in [2.45, 2.75) is 24.9 Å². The van der Waals surface area contributed by atoms with Crippen molar-refractivity contribution in [2.24, 2.45) is 0 Å². The third-order valence-electron chi connectivity index (χ3n) is 4.76. The highest BCUT2D eigenvalue weighted by Gasteiger charge is 2.39. The number of carbonyl (C=O) groups is 1. The molecule has 0 saturated carbocycles. The van der Waals surface area contributed by atoms with E-state index in [9.17, 15) is 18.0 Å². The van der Waals surface area contributed by atoms with Crippen LogP contribution in [-0.4, -0.2) is 34.1 Å². The highest BCUT2D eigenvalue weighted by atomic mass is 19.4. The summed E-state index contributed by atoms with van der Waals surface area (Å²) in [6.45, 7) is 0.792. The second kappa shape index (κ2) is 6.68. The third-order valence-corrected chi connectivity index (χ3v) is 4.76. The molecule has 0 spiro atoms. The second-order valence-corrected chi connectivity index (χ2v) is 6.56. The Labute approximate surface area is 152 Å². The number of nitrogens with zero attached hydrogens (tertiary/aromatic N) is 3. The van der Waals surface area contributed by atoms with E-state index in [4.69, 9.17) is 4.42 Å². The Morgan fingerprint density at radius 1 is 1.11 bits per heavy atom. The maximum absolute atomic E-state index is 13.0. The molecule has 0 bridgehead atoms. The highest BCUT2D eigenvalue weighted by Crippen LogP contribution is 2.32. The number of aromatic nitrogens is 2. The van der Waals surface area contributed by atoms with E-state index in [1.165, 1.54) is 0 Å². The lowest BCUT2D eigenvalue weighted by Gasteiger charge is -2.31. The van der Waals surface area contributed by atoms with Gasteiger partial charge in [-0.25, -0.2) is 0 Å². The SMILES string of the molecule is O=C(c1cccc2ccccc12)N1CCCC(c2nnc(C(F)(F)F)o2)C1. The van der Waals surface area contributed by atoms with Crippen LogP contribution in [0.4, 0.5) is 13.2 Å². The fraction of sp³-hybridized carbons (Fsp3) is 0.316. The number of fused-ring (bicyclic) bond motifs is 1. The number of carbonyl (C=O) groups excluding carboxylic acids is 1. The first kappa shape index (κ1) is 17.5. The Hall–Kier alpha value is -2.90. The molecular weight excluding hydrogens is 359 g/mol. The van der Waals surface area contributed by atoms with Gasteiger partial charge in [-0.15, -0.1) is 10.2 Å². The summed E-state index contributed by atoms with van der Waals surface area (Å²) in [7, 11) is 0. The van der Waals surface area contributed by atoms with Gasteiger partial charge in [-0.1, -0.05) is 36.4 Å². The molecule has 1 amide bonds. The van der Waals surface area contributed by atoms with Crippen LogP contribution >= 0.6 is 0 Å². The Morgan fingerprint density at radius 2 is 1.89 bits per heavy atom. The number of hydrogen-bond acceptors (Lipinski definition) is 4. The number of amides is 1. The van der Waals surface area contributed by atoms with Gasteiger partial charge in [-0.3, -0.25) is 4.79 Å². The van der Waals surface area contributed by atoms with E-state index >= 15 is 0 Å². The van der Waals surface area contributed by atoms with Crippen molar-refractivity contribution in [2.75, 3.05) is 13.1 Å². The summed E-state index contributed by atoms with van der Waals surface area (Å²) in [6, 6.07) is 13.1. The van der Waals surface area contributed by atoms with Gasteiger partial charge in [0.2, 0.25) is 5.89 Å². The van der Waals surface area contributed by atoms with E-state index in [0.717, 1.165) is 10.8 Å². The lowest BCUT2D eigenvalue weighted by atomic mass is 9.96. The molecule has 1 aromatic heterocycles. The predicted molar refractivity (Wildman–Crippen MR) is 91.1 cm³/mol. The molecule has 0 N–H and O–H groups in total. The van der Waals surface area contributed by atoms with E-state index in [2.05, 4.69) is 10.2 Å². The maximum Gasteiger partial charge on any atom is 0.470 e. The Balaban J connectivity index is 1.57. The van der Waals surface area contributed by atoms with Gasteiger partial charge < -0.3 is 9.32 Å². The number of likely N-dealkylation sites (tertiary alicyclic amines) is 1. The number of alkyl halides is 3. The minimum Gasteiger partial charge on any atom is -0.417 e. The number of rotatable bonds is 2.